The molecule has 0 aromatic rings. The average molecular weight is 884 g/mol. The molecule has 1 unspecified atom stereocenters. The van der Waals surface area contributed by atoms with Gasteiger partial charge in [0.05, 0.1) is 26.4 Å². The maximum absolute atomic E-state index is 12.6. The molecule has 0 bridgehead atoms. The first kappa shape index (κ1) is 49.0. The van der Waals surface area contributed by atoms with Crippen molar-refractivity contribution in [3.63, 3.8) is 0 Å². The van der Waals surface area contributed by atoms with Crippen LogP contribution in [0.15, 0.2) is 0 Å². The standard InChI is InChI=1S/C32H53NO27/c1-6(38)33-11-23(57-32-21(48)25(14(41)9(4-36)55-32)59-30-19(46)15(42)16(43)26(60-30)27(49)50)12(39)7(2-34)53-29(11)58-24-13(40)8(3-35)54-31(20(24)47)56-22-10(5-37)52-28(51)18(45)17(22)44/h7-26,28-32,34-37,39-48,51H,2-5H2,1H3,(H,33,38)(H,49,50)/t7-,8-,9-,10-,11-,12-,13+,14+,15+,16+,17-,18-,19-,20-,21-,22-,23-,24+,25+,26+,28?,29+,30-,31+,32+/m1/s1. The lowest BCUT2D eigenvalue weighted by atomic mass is 9.94. The van der Waals surface area contributed by atoms with Crippen LogP contribution in [0.4, 0.5) is 0 Å². The second-order valence-electron chi connectivity index (χ2n) is 14.7. The van der Waals surface area contributed by atoms with Gasteiger partial charge in [0.25, 0.3) is 0 Å². The molecule has 0 radical (unpaired) electrons. The number of hydrogen-bond acceptors (Lipinski definition) is 26. The second-order valence-corrected chi connectivity index (χ2v) is 14.7. The van der Waals surface area contributed by atoms with Crippen LogP contribution < -0.4 is 5.32 Å². The van der Waals surface area contributed by atoms with Crippen LogP contribution in [0.1, 0.15) is 6.92 Å². The zero-order chi connectivity index (χ0) is 44.5. The summed E-state index contributed by atoms with van der Waals surface area (Å²) >= 11 is 0. The van der Waals surface area contributed by atoms with E-state index < -0.39 is 192 Å². The number of carbonyl (C=O) groups is 2. The van der Waals surface area contributed by atoms with Crippen molar-refractivity contribution in [2.45, 2.75) is 160 Å². The molecule has 0 spiro atoms. The van der Waals surface area contributed by atoms with E-state index in [1.807, 2.05) is 0 Å². The topological polar surface area (TPSA) is 453 Å². The predicted octanol–water partition coefficient (Wildman–Crippen LogP) is -11.7. The summed E-state index contributed by atoms with van der Waals surface area (Å²) in [7, 11) is 0. The number of nitrogens with one attached hydrogen (secondary N) is 1. The molecular formula is C32H53NO27. The lowest BCUT2D eigenvalue weighted by Gasteiger charge is -2.50. The van der Waals surface area contributed by atoms with Crippen LogP contribution in [-0.4, -0.2) is 273 Å². The first-order valence-electron chi connectivity index (χ1n) is 18.6. The maximum Gasteiger partial charge on any atom is 0.335 e. The van der Waals surface area contributed by atoms with Gasteiger partial charge in [-0.05, 0) is 0 Å². The number of amides is 1. The van der Waals surface area contributed by atoms with Crippen molar-refractivity contribution in [2.24, 2.45) is 0 Å². The van der Waals surface area contributed by atoms with Crippen molar-refractivity contribution in [3.8, 4) is 0 Å². The van der Waals surface area contributed by atoms with Crippen LogP contribution in [0.2, 0.25) is 0 Å². The third kappa shape index (κ3) is 10.0. The molecule has 0 aliphatic carbocycles. The molecule has 28 heteroatoms. The van der Waals surface area contributed by atoms with Gasteiger partial charge in [0.2, 0.25) is 5.91 Å². The number of aliphatic hydroxyl groups excluding tert-OH is 15. The van der Waals surface area contributed by atoms with Crippen molar-refractivity contribution in [2.75, 3.05) is 26.4 Å². The van der Waals surface area contributed by atoms with E-state index in [1.165, 1.54) is 0 Å². The fourth-order valence-electron chi connectivity index (χ4n) is 7.41. The van der Waals surface area contributed by atoms with Gasteiger partial charge in [-0.3, -0.25) is 4.79 Å². The zero-order valence-electron chi connectivity index (χ0n) is 31.4. The van der Waals surface area contributed by atoms with Gasteiger partial charge in [-0.2, -0.15) is 0 Å². The molecule has 0 aromatic heterocycles. The second kappa shape index (κ2) is 20.7. The maximum atomic E-state index is 12.6. The minimum atomic E-state index is -2.23. The van der Waals surface area contributed by atoms with Gasteiger partial charge in [0.15, 0.2) is 37.6 Å². The summed E-state index contributed by atoms with van der Waals surface area (Å²) in [5.41, 5.74) is 0. The average Bonchev–Trinajstić information content (AvgIpc) is 3.21. The number of carbonyl (C=O) groups excluding carboxylic acids is 1. The third-order valence-corrected chi connectivity index (χ3v) is 10.7. The predicted molar refractivity (Wildman–Crippen MR) is 179 cm³/mol. The Kier molecular flexibility index (Phi) is 16.9. The Morgan fingerprint density at radius 1 is 0.450 bits per heavy atom. The molecule has 25 atom stereocenters. The summed E-state index contributed by atoms with van der Waals surface area (Å²) in [4.78, 5) is 24.2. The van der Waals surface area contributed by atoms with Gasteiger partial charge in [-0.15, -0.1) is 0 Å². The molecule has 5 rings (SSSR count). The minimum absolute atomic E-state index is 0.864. The molecule has 5 aliphatic rings. The van der Waals surface area contributed by atoms with Crippen molar-refractivity contribution in [1.82, 2.24) is 5.32 Å². The van der Waals surface area contributed by atoms with Crippen LogP contribution in [0.5, 0.6) is 0 Å². The first-order valence-corrected chi connectivity index (χ1v) is 18.6. The highest BCUT2D eigenvalue weighted by Crippen LogP contribution is 2.36. The number of rotatable bonds is 14. The Balaban J connectivity index is 1.41. The molecule has 5 fully saturated rings. The monoisotopic (exact) mass is 883 g/mol. The van der Waals surface area contributed by atoms with E-state index in [9.17, 15) is 91.3 Å². The molecular weight excluding hydrogens is 830 g/mol. The molecule has 0 aromatic carbocycles. The fourth-order valence-corrected chi connectivity index (χ4v) is 7.41. The number of aliphatic carboxylic acids is 1. The number of carboxylic acids is 1. The van der Waals surface area contributed by atoms with Gasteiger partial charge < -0.3 is 130 Å². The van der Waals surface area contributed by atoms with Crippen molar-refractivity contribution in [3.05, 3.63) is 0 Å². The minimum Gasteiger partial charge on any atom is -0.479 e. The summed E-state index contributed by atoms with van der Waals surface area (Å²) in [6.45, 7) is -2.90. The highest BCUT2D eigenvalue weighted by Gasteiger charge is 2.57. The highest BCUT2D eigenvalue weighted by atomic mass is 16.8. The molecule has 28 nitrogen and oxygen atoms in total. The summed E-state index contributed by atoms with van der Waals surface area (Å²) < 4.78 is 49.7. The SMILES string of the molecule is CC(=O)N[C@H]1[C@H](O[C@H]2[C@@H](O)[C@@H](CO)O[C@@H](O[C@H]3[C@H](O)[C@@H](O)C(O)O[C@@H]3CO)[C@@H]2O)O[C@H](CO)[C@@H](O)[C@@H]1O[C@@H]1O[C@H](CO)[C@H](O)[C@H](O[C@@H]2O[C@H](C(=O)O)[C@@H](O)[C@H](O)[C@H]2O)[C@H]1O. The van der Waals surface area contributed by atoms with Crippen molar-refractivity contribution in [1.29, 1.82) is 0 Å². The Hall–Kier alpha value is -2.02. The van der Waals surface area contributed by atoms with Gasteiger partial charge >= 0.3 is 5.97 Å². The van der Waals surface area contributed by atoms with E-state index in [1.54, 1.807) is 0 Å². The van der Waals surface area contributed by atoms with Crippen LogP contribution >= 0.6 is 0 Å². The van der Waals surface area contributed by atoms with Crippen LogP contribution in [-0.2, 0) is 52.2 Å². The molecule has 5 heterocycles. The highest BCUT2D eigenvalue weighted by molar-refractivity contribution is 5.73. The summed E-state index contributed by atoms with van der Waals surface area (Å²) in [6.07, 6.45) is -47.2. The Morgan fingerprint density at radius 3 is 1.33 bits per heavy atom. The van der Waals surface area contributed by atoms with Crippen molar-refractivity contribution < 1.29 is 134 Å². The molecule has 5 saturated heterocycles. The summed E-state index contributed by atoms with van der Waals surface area (Å²) in [5.74, 6) is -2.65. The largest absolute Gasteiger partial charge is 0.479 e. The number of ether oxygens (including phenoxy) is 9. The van der Waals surface area contributed by atoms with Gasteiger partial charge in [-0.25, -0.2) is 4.79 Å². The van der Waals surface area contributed by atoms with Crippen molar-refractivity contribution >= 4 is 11.9 Å². The van der Waals surface area contributed by atoms with E-state index in [4.69, 9.17) is 42.6 Å². The van der Waals surface area contributed by atoms with E-state index in [0.717, 1.165) is 6.92 Å². The quantitative estimate of drug-likeness (QED) is 0.0770. The Morgan fingerprint density at radius 2 is 0.867 bits per heavy atom. The van der Waals surface area contributed by atoms with E-state index in [-0.39, 0.29) is 0 Å². The van der Waals surface area contributed by atoms with Gasteiger partial charge in [0, 0.05) is 6.92 Å². The van der Waals surface area contributed by atoms with Gasteiger partial charge in [0.1, 0.15) is 116 Å². The first-order chi connectivity index (χ1) is 28.3. The summed E-state index contributed by atoms with van der Waals surface area (Å²) in [5, 5.41) is 169. The lowest BCUT2D eigenvalue weighted by molar-refractivity contribution is -0.384. The van der Waals surface area contributed by atoms with Crippen LogP contribution in [0, 0.1) is 0 Å². The molecule has 348 valence electrons. The van der Waals surface area contributed by atoms with E-state index in [2.05, 4.69) is 5.32 Å². The molecule has 0 saturated carbocycles. The molecule has 17 N–H and O–H groups in total. The van der Waals surface area contributed by atoms with E-state index in [0.29, 0.717) is 0 Å². The zero-order valence-corrected chi connectivity index (χ0v) is 31.4. The van der Waals surface area contributed by atoms with E-state index >= 15 is 0 Å². The number of aliphatic hydroxyl groups is 15. The number of carboxylic acid groups (broad SMARTS) is 1. The molecule has 5 aliphatic heterocycles. The fraction of sp³-hybridized carbons (Fsp3) is 0.938. The number of hydrogen-bond donors (Lipinski definition) is 17. The van der Waals surface area contributed by atoms with Gasteiger partial charge in [-0.1, -0.05) is 0 Å². The third-order valence-electron chi connectivity index (χ3n) is 10.7. The normalized spacial score (nSPS) is 50.2. The Bertz CT molecular complexity index is 1400. The lowest BCUT2D eigenvalue weighted by Crippen LogP contribution is -2.70. The Labute approximate surface area is 338 Å². The molecule has 60 heavy (non-hydrogen) atoms. The smallest absolute Gasteiger partial charge is 0.335 e. The van der Waals surface area contributed by atoms with Crippen LogP contribution in [0.25, 0.3) is 0 Å². The van der Waals surface area contributed by atoms with Crippen LogP contribution in [0.3, 0.4) is 0 Å². The molecule has 1 amide bonds. The summed E-state index contributed by atoms with van der Waals surface area (Å²) in [6, 6.07) is -1.77.